The molecule has 1 fully saturated rings. The third kappa shape index (κ3) is 1.90. The van der Waals surface area contributed by atoms with Gasteiger partial charge in [-0.05, 0) is 31.6 Å². The van der Waals surface area contributed by atoms with Crippen LogP contribution in [-0.2, 0) is 5.54 Å². The third-order valence-corrected chi connectivity index (χ3v) is 3.66. The smallest absolute Gasteiger partial charge is 0.247 e. The van der Waals surface area contributed by atoms with E-state index in [9.17, 15) is 0 Å². The first-order valence-electron chi connectivity index (χ1n) is 6.16. The molecule has 0 spiro atoms. The van der Waals surface area contributed by atoms with Gasteiger partial charge in [0.15, 0.2) is 5.69 Å². The van der Waals surface area contributed by atoms with Crippen molar-refractivity contribution in [2.24, 2.45) is 11.7 Å². The van der Waals surface area contributed by atoms with Gasteiger partial charge in [-0.1, -0.05) is 12.1 Å². The number of rotatable bonds is 2. The summed E-state index contributed by atoms with van der Waals surface area (Å²) in [7, 11) is 0. The Kier molecular flexibility index (Phi) is 2.62. The van der Waals surface area contributed by atoms with Crippen LogP contribution in [0.2, 0.25) is 0 Å². The van der Waals surface area contributed by atoms with Crippen molar-refractivity contribution in [1.29, 1.82) is 0 Å². The highest BCUT2D eigenvalue weighted by atomic mass is 16.5. The summed E-state index contributed by atoms with van der Waals surface area (Å²) in [4.78, 5) is 4.35. The first-order chi connectivity index (χ1) is 8.67. The summed E-state index contributed by atoms with van der Waals surface area (Å²) >= 11 is 0. The Morgan fingerprint density at radius 2 is 2.22 bits per heavy atom. The Morgan fingerprint density at radius 3 is 2.89 bits per heavy atom. The Labute approximate surface area is 104 Å². The Bertz CT molecular complexity index is 511. The molecule has 2 heterocycles. The maximum Gasteiger partial charge on any atom is 0.247 e. The van der Waals surface area contributed by atoms with Crippen LogP contribution in [0.5, 0.6) is 0 Å². The monoisotopic (exact) mass is 248 g/mol. The van der Waals surface area contributed by atoms with Gasteiger partial charge in [0.05, 0.1) is 11.7 Å². The number of hydrogen-bond donors (Lipinski definition) is 2. The van der Waals surface area contributed by atoms with Crippen molar-refractivity contribution < 1.29 is 4.52 Å². The van der Waals surface area contributed by atoms with Crippen LogP contribution in [0.25, 0.3) is 11.5 Å². The van der Waals surface area contributed by atoms with Crippen LogP contribution in [0.1, 0.15) is 38.5 Å². The number of nitrogens with one attached hydrogen (secondary N) is 1. The van der Waals surface area contributed by atoms with Gasteiger partial charge in [-0.25, -0.2) is 0 Å². The number of aromatic nitrogens is 5. The van der Waals surface area contributed by atoms with Gasteiger partial charge in [0, 0.05) is 0 Å². The molecular formula is C11H16N6O. The van der Waals surface area contributed by atoms with Gasteiger partial charge >= 0.3 is 0 Å². The second kappa shape index (κ2) is 4.16. The average molecular weight is 248 g/mol. The van der Waals surface area contributed by atoms with Crippen LogP contribution in [0.15, 0.2) is 10.7 Å². The molecule has 3 N–H and O–H groups in total. The van der Waals surface area contributed by atoms with E-state index in [0.717, 1.165) is 31.6 Å². The molecule has 0 aliphatic heterocycles. The van der Waals surface area contributed by atoms with Crippen molar-refractivity contribution in [3.8, 4) is 11.5 Å². The molecule has 7 nitrogen and oxygen atoms in total. The summed E-state index contributed by atoms with van der Waals surface area (Å²) in [5.74, 6) is 1.66. The normalized spacial score (nSPS) is 28.4. The maximum atomic E-state index is 6.37. The highest BCUT2D eigenvalue weighted by molar-refractivity contribution is 5.45. The number of hydrogen-bond acceptors (Lipinski definition) is 6. The highest BCUT2D eigenvalue weighted by Crippen LogP contribution is 2.36. The minimum atomic E-state index is -0.485. The second-order valence-electron chi connectivity index (χ2n) is 5.12. The number of nitrogens with two attached hydrogens (primary N) is 1. The van der Waals surface area contributed by atoms with Gasteiger partial charge in [-0.2, -0.15) is 20.4 Å². The van der Waals surface area contributed by atoms with Crippen molar-refractivity contribution in [2.75, 3.05) is 0 Å². The summed E-state index contributed by atoms with van der Waals surface area (Å²) in [5.41, 5.74) is 6.45. The van der Waals surface area contributed by atoms with Gasteiger partial charge in [0.2, 0.25) is 11.7 Å². The van der Waals surface area contributed by atoms with Crippen molar-refractivity contribution in [2.45, 2.75) is 38.1 Å². The molecule has 0 bridgehead atoms. The Hall–Kier alpha value is -1.76. The molecular weight excluding hydrogens is 232 g/mol. The molecule has 1 aliphatic rings. The zero-order valence-corrected chi connectivity index (χ0v) is 10.3. The molecule has 0 amide bonds. The first-order valence-corrected chi connectivity index (χ1v) is 6.16. The largest absolute Gasteiger partial charge is 0.337 e. The summed E-state index contributed by atoms with van der Waals surface area (Å²) in [6.07, 6.45) is 5.51. The molecule has 0 aromatic carbocycles. The molecule has 2 aromatic heterocycles. The van der Waals surface area contributed by atoms with E-state index in [2.05, 4.69) is 32.5 Å². The van der Waals surface area contributed by atoms with E-state index in [0.29, 0.717) is 17.4 Å². The Balaban J connectivity index is 1.85. The molecule has 0 saturated heterocycles. The predicted molar refractivity (Wildman–Crippen MR) is 63.2 cm³/mol. The molecule has 0 radical (unpaired) electrons. The number of H-pyrrole nitrogens is 1. The third-order valence-electron chi connectivity index (χ3n) is 3.66. The fourth-order valence-corrected chi connectivity index (χ4v) is 2.33. The van der Waals surface area contributed by atoms with Gasteiger partial charge in [-0.15, -0.1) is 0 Å². The topological polar surface area (TPSA) is 107 Å². The van der Waals surface area contributed by atoms with E-state index in [-0.39, 0.29) is 0 Å². The van der Waals surface area contributed by atoms with Crippen LogP contribution < -0.4 is 5.73 Å². The van der Waals surface area contributed by atoms with E-state index < -0.39 is 5.54 Å². The molecule has 0 unspecified atom stereocenters. The molecule has 2 aromatic rings. The minimum absolute atomic E-state index is 0.433. The van der Waals surface area contributed by atoms with Gasteiger partial charge in [0.25, 0.3) is 0 Å². The van der Waals surface area contributed by atoms with E-state index in [1.165, 1.54) is 0 Å². The lowest BCUT2D eigenvalue weighted by atomic mass is 9.78. The second-order valence-corrected chi connectivity index (χ2v) is 5.12. The fraction of sp³-hybridized carbons (Fsp3) is 0.636. The molecule has 1 saturated carbocycles. The lowest BCUT2D eigenvalue weighted by Crippen LogP contribution is -2.40. The van der Waals surface area contributed by atoms with Crippen molar-refractivity contribution >= 4 is 0 Å². The van der Waals surface area contributed by atoms with Crippen molar-refractivity contribution in [1.82, 2.24) is 25.6 Å². The molecule has 1 aliphatic carbocycles. The van der Waals surface area contributed by atoms with Crippen LogP contribution in [0.3, 0.4) is 0 Å². The number of nitrogens with zero attached hydrogens (tertiary/aromatic N) is 4. The zero-order valence-electron chi connectivity index (χ0n) is 10.3. The molecule has 18 heavy (non-hydrogen) atoms. The minimum Gasteiger partial charge on any atom is -0.337 e. The SMILES string of the molecule is CC1CCC(N)(c2nc(-c3cn[nH]n3)no2)CC1. The fourth-order valence-electron chi connectivity index (χ4n) is 2.33. The lowest BCUT2D eigenvalue weighted by Gasteiger charge is -2.32. The van der Waals surface area contributed by atoms with Crippen LogP contribution in [0.4, 0.5) is 0 Å². The van der Waals surface area contributed by atoms with Crippen molar-refractivity contribution in [3.63, 3.8) is 0 Å². The van der Waals surface area contributed by atoms with Gasteiger partial charge in [-0.3, -0.25) is 0 Å². The standard InChI is InChI=1S/C11H16N6O/c1-7-2-4-11(12,5-3-7)10-14-9(16-18-10)8-6-13-17-15-8/h6-7H,2-5,12H2,1H3,(H,13,15,17). The molecule has 96 valence electrons. The molecule has 0 atom stereocenters. The summed E-state index contributed by atoms with van der Waals surface area (Å²) in [5, 5.41) is 14.1. The summed E-state index contributed by atoms with van der Waals surface area (Å²) < 4.78 is 5.30. The number of aromatic amines is 1. The lowest BCUT2D eigenvalue weighted by molar-refractivity contribution is 0.190. The molecule has 7 heteroatoms. The average Bonchev–Trinajstić information content (AvgIpc) is 3.01. The van der Waals surface area contributed by atoms with E-state index >= 15 is 0 Å². The predicted octanol–water partition coefficient (Wildman–Crippen LogP) is 1.22. The van der Waals surface area contributed by atoms with Crippen molar-refractivity contribution in [3.05, 3.63) is 12.1 Å². The molecule has 3 rings (SSSR count). The van der Waals surface area contributed by atoms with Crippen LogP contribution >= 0.6 is 0 Å². The van der Waals surface area contributed by atoms with E-state index in [1.54, 1.807) is 6.20 Å². The van der Waals surface area contributed by atoms with Gasteiger partial charge in [0.1, 0.15) is 0 Å². The van der Waals surface area contributed by atoms with Crippen LogP contribution in [-0.4, -0.2) is 25.6 Å². The zero-order chi connectivity index (χ0) is 12.6. The summed E-state index contributed by atoms with van der Waals surface area (Å²) in [6.45, 7) is 2.24. The van der Waals surface area contributed by atoms with Crippen LogP contribution in [0, 0.1) is 5.92 Å². The maximum absolute atomic E-state index is 6.37. The van der Waals surface area contributed by atoms with Gasteiger partial charge < -0.3 is 10.3 Å². The summed E-state index contributed by atoms with van der Waals surface area (Å²) in [6, 6.07) is 0. The van der Waals surface area contributed by atoms with E-state index in [1.807, 2.05) is 0 Å². The Morgan fingerprint density at radius 1 is 1.44 bits per heavy atom. The van der Waals surface area contributed by atoms with E-state index in [4.69, 9.17) is 10.3 Å². The quantitative estimate of drug-likeness (QED) is 0.827. The highest BCUT2D eigenvalue weighted by Gasteiger charge is 2.37. The first kappa shape index (κ1) is 11.3.